The number of para-hydroxylation sites is 1. The van der Waals surface area contributed by atoms with E-state index in [9.17, 15) is 0 Å². The third-order valence-electron chi connectivity index (χ3n) is 1.91. The van der Waals surface area contributed by atoms with Crippen LogP contribution >= 0.6 is 23.5 Å². The first-order chi connectivity index (χ1) is 6.45. The molecule has 0 saturated heterocycles. The van der Waals surface area contributed by atoms with Crippen LogP contribution in [0.2, 0.25) is 0 Å². The van der Waals surface area contributed by atoms with Gasteiger partial charge in [0.05, 0.1) is 11.2 Å². The van der Waals surface area contributed by atoms with Gasteiger partial charge in [0.15, 0.2) is 0 Å². The molecule has 0 spiro atoms. The van der Waals surface area contributed by atoms with Crippen molar-refractivity contribution in [2.75, 3.05) is 5.01 Å². The average Bonchev–Trinajstić information content (AvgIpc) is 2.56. The van der Waals surface area contributed by atoms with Gasteiger partial charge in [0.25, 0.3) is 0 Å². The lowest BCUT2D eigenvalue weighted by Gasteiger charge is -2.15. The Morgan fingerprint density at radius 3 is 3.15 bits per heavy atom. The van der Waals surface area contributed by atoms with E-state index < -0.39 is 0 Å². The number of hydrogen-bond acceptors (Lipinski definition) is 4. The minimum Gasteiger partial charge on any atom is -0.225 e. The Bertz CT molecular complexity index is 412. The summed E-state index contributed by atoms with van der Waals surface area (Å²) in [6, 6.07) is 8.32. The van der Waals surface area contributed by atoms with E-state index in [0.717, 1.165) is 0 Å². The lowest BCUT2D eigenvalue weighted by Crippen LogP contribution is -2.10. The first-order valence-corrected chi connectivity index (χ1v) is 5.66. The highest BCUT2D eigenvalue weighted by molar-refractivity contribution is 8.15. The van der Waals surface area contributed by atoms with E-state index in [4.69, 9.17) is 0 Å². The first-order valence-electron chi connectivity index (χ1n) is 3.90. The normalized spacial score (nSPS) is 18.2. The molecule has 0 radical (unpaired) electrons. The average molecular weight is 206 g/mol. The number of fused-ring (bicyclic) bond motifs is 3. The van der Waals surface area contributed by atoms with Gasteiger partial charge in [-0.3, -0.25) is 0 Å². The molecule has 3 rings (SSSR count). The number of rotatable bonds is 0. The molecule has 0 atom stereocenters. The van der Waals surface area contributed by atoms with Gasteiger partial charge in [0.2, 0.25) is 0 Å². The van der Waals surface area contributed by atoms with Gasteiger partial charge in [0.1, 0.15) is 5.03 Å². The summed E-state index contributed by atoms with van der Waals surface area (Å²) in [6.45, 7) is 0. The predicted molar refractivity (Wildman–Crippen MR) is 58.9 cm³/mol. The Balaban J connectivity index is 2.16. The van der Waals surface area contributed by atoms with Crippen LogP contribution in [0.25, 0.3) is 0 Å². The van der Waals surface area contributed by atoms with E-state index >= 15 is 0 Å². The zero-order valence-corrected chi connectivity index (χ0v) is 8.31. The van der Waals surface area contributed by atoms with Gasteiger partial charge >= 0.3 is 0 Å². The summed E-state index contributed by atoms with van der Waals surface area (Å²) in [4.78, 5) is 1.29. The van der Waals surface area contributed by atoms with Crippen LogP contribution in [-0.2, 0) is 0 Å². The molecule has 2 nitrogen and oxygen atoms in total. The van der Waals surface area contributed by atoms with Crippen LogP contribution in [0.3, 0.4) is 0 Å². The molecule has 1 aromatic rings. The van der Waals surface area contributed by atoms with E-state index in [1.54, 1.807) is 23.5 Å². The monoisotopic (exact) mass is 206 g/mol. The molecule has 0 amide bonds. The van der Waals surface area contributed by atoms with Crippen LogP contribution in [-0.4, -0.2) is 5.55 Å². The smallest absolute Gasteiger partial charge is 0.110 e. The van der Waals surface area contributed by atoms with Crippen molar-refractivity contribution in [3.05, 3.63) is 34.7 Å². The van der Waals surface area contributed by atoms with Gasteiger partial charge in [-0.1, -0.05) is 35.7 Å². The molecule has 0 aliphatic carbocycles. The van der Waals surface area contributed by atoms with Gasteiger partial charge < -0.3 is 0 Å². The van der Waals surface area contributed by atoms with Crippen molar-refractivity contribution in [2.24, 2.45) is 5.10 Å². The summed E-state index contributed by atoms with van der Waals surface area (Å²) in [5.74, 6) is 0. The molecule has 13 heavy (non-hydrogen) atoms. The predicted octanol–water partition coefficient (Wildman–Crippen LogP) is 3.09. The van der Waals surface area contributed by atoms with E-state index in [-0.39, 0.29) is 0 Å². The van der Waals surface area contributed by atoms with Crippen molar-refractivity contribution >= 4 is 34.8 Å². The number of thioether (sulfide) groups is 2. The minimum absolute atomic E-state index is 1.19. The fourth-order valence-corrected chi connectivity index (χ4v) is 3.00. The highest BCUT2D eigenvalue weighted by Gasteiger charge is 2.25. The van der Waals surface area contributed by atoms with Crippen molar-refractivity contribution in [2.45, 2.75) is 4.90 Å². The number of anilines is 1. The molecule has 0 fully saturated rings. The van der Waals surface area contributed by atoms with Crippen LogP contribution < -0.4 is 5.01 Å². The summed E-state index contributed by atoms with van der Waals surface area (Å²) in [5, 5.41) is 9.62. The van der Waals surface area contributed by atoms with E-state index in [0.29, 0.717) is 0 Å². The summed E-state index contributed by atoms with van der Waals surface area (Å²) >= 11 is 3.40. The largest absolute Gasteiger partial charge is 0.225 e. The summed E-state index contributed by atoms with van der Waals surface area (Å²) < 4.78 is 0. The van der Waals surface area contributed by atoms with E-state index in [1.807, 2.05) is 16.6 Å². The zero-order valence-electron chi connectivity index (χ0n) is 6.68. The van der Waals surface area contributed by atoms with Crippen molar-refractivity contribution in [1.29, 1.82) is 0 Å². The molecule has 0 saturated carbocycles. The Hall–Kier alpha value is -0.870. The lowest BCUT2D eigenvalue weighted by molar-refractivity contribution is 1.07. The second-order valence-corrected chi connectivity index (χ2v) is 4.48. The SMILES string of the molecule is C1=NN2C(=CS1)Sc1ccccc12. The van der Waals surface area contributed by atoms with Crippen LogP contribution in [0.15, 0.2) is 44.7 Å². The van der Waals surface area contributed by atoms with Gasteiger partial charge in [-0.25, -0.2) is 5.01 Å². The standard InChI is InChI=1S/C9H6N2S2/c1-2-4-8-7(3-1)11-9(13-8)5-12-6-10-11/h1-6H. The molecule has 0 unspecified atom stereocenters. The Morgan fingerprint density at radius 2 is 2.15 bits per heavy atom. The third-order valence-corrected chi connectivity index (χ3v) is 3.70. The van der Waals surface area contributed by atoms with Gasteiger partial charge in [0, 0.05) is 10.3 Å². The highest BCUT2D eigenvalue weighted by Crippen LogP contribution is 2.47. The maximum Gasteiger partial charge on any atom is 0.110 e. The van der Waals surface area contributed by atoms with Crippen LogP contribution in [0.5, 0.6) is 0 Å². The second kappa shape index (κ2) is 2.82. The molecule has 2 aliphatic rings. The molecule has 0 aromatic heterocycles. The van der Waals surface area contributed by atoms with Crippen LogP contribution in [0.4, 0.5) is 5.69 Å². The molecule has 4 heteroatoms. The Kier molecular flexibility index (Phi) is 1.63. The molecule has 2 heterocycles. The fraction of sp³-hybridized carbons (Fsp3) is 0. The number of hydrogen-bond donors (Lipinski definition) is 0. The highest BCUT2D eigenvalue weighted by atomic mass is 32.2. The van der Waals surface area contributed by atoms with Crippen molar-refractivity contribution < 1.29 is 0 Å². The molecule has 64 valence electrons. The quantitative estimate of drug-likeness (QED) is 0.648. The second-order valence-electron chi connectivity index (χ2n) is 2.69. The fourth-order valence-electron chi connectivity index (χ4n) is 1.35. The van der Waals surface area contributed by atoms with Gasteiger partial charge in [-0.05, 0) is 12.1 Å². The molecular weight excluding hydrogens is 200 g/mol. The number of benzene rings is 1. The zero-order chi connectivity index (χ0) is 8.67. The Labute approximate surface area is 84.7 Å². The van der Waals surface area contributed by atoms with Gasteiger partial charge in [-0.15, -0.1) is 0 Å². The van der Waals surface area contributed by atoms with Crippen molar-refractivity contribution in [3.8, 4) is 0 Å². The van der Waals surface area contributed by atoms with Crippen molar-refractivity contribution in [3.63, 3.8) is 0 Å². The van der Waals surface area contributed by atoms with E-state index in [2.05, 4.69) is 28.7 Å². The number of hydrazone groups is 1. The minimum atomic E-state index is 1.19. The summed E-state index contributed by atoms with van der Waals surface area (Å²) in [5.41, 5.74) is 3.04. The van der Waals surface area contributed by atoms with E-state index in [1.165, 1.54) is 15.6 Å². The molecule has 0 bridgehead atoms. The van der Waals surface area contributed by atoms with Crippen LogP contribution in [0.1, 0.15) is 0 Å². The first kappa shape index (κ1) is 7.53. The summed E-state index contributed by atoms with van der Waals surface area (Å²) in [7, 11) is 0. The lowest BCUT2D eigenvalue weighted by atomic mass is 10.3. The van der Waals surface area contributed by atoms with Gasteiger partial charge in [-0.2, -0.15) is 5.10 Å². The van der Waals surface area contributed by atoms with Crippen LogP contribution in [0, 0.1) is 0 Å². The molecule has 2 aliphatic heterocycles. The maximum atomic E-state index is 4.31. The van der Waals surface area contributed by atoms with Crippen molar-refractivity contribution in [1.82, 2.24) is 0 Å². The number of nitrogens with zero attached hydrogens (tertiary/aromatic N) is 2. The molecule has 0 N–H and O–H groups in total. The molecular formula is C9H6N2S2. The molecule has 1 aromatic carbocycles. The third kappa shape index (κ3) is 1.09. The topological polar surface area (TPSA) is 15.6 Å². The Morgan fingerprint density at radius 1 is 1.23 bits per heavy atom. The maximum absolute atomic E-state index is 4.31. The summed E-state index contributed by atoms with van der Waals surface area (Å²) in [6.07, 6.45) is 0.